The maximum absolute atomic E-state index is 6.08. The molecule has 7 heteroatoms. The molecule has 0 bridgehead atoms. The summed E-state index contributed by atoms with van der Waals surface area (Å²) in [5.74, 6) is 3.13. The standard InChI is InChI=1S/C25H24ClN3O2S/c1-30-19-11-6-15(14-20(19)31-2)12-13-27-24-22-18-4-3-5-21(18)32-25(22)29-23(28-24)16-7-9-17(26)10-8-16/h6-11,14H,3-5,12-13H2,1-2H3,(H,27,28,29). The maximum Gasteiger partial charge on any atom is 0.163 e. The minimum atomic E-state index is 0.707. The fourth-order valence-corrected chi connectivity index (χ4v) is 5.60. The molecule has 2 aromatic heterocycles. The summed E-state index contributed by atoms with van der Waals surface area (Å²) in [6.07, 6.45) is 4.29. The van der Waals surface area contributed by atoms with Gasteiger partial charge < -0.3 is 14.8 Å². The zero-order valence-corrected chi connectivity index (χ0v) is 19.6. The lowest BCUT2D eigenvalue weighted by molar-refractivity contribution is 0.354. The molecule has 5 rings (SSSR count). The van der Waals surface area contributed by atoms with Gasteiger partial charge in [-0.2, -0.15) is 0 Å². The number of aromatic nitrogens is 2. The second kappa shape index (κ2) is 8.96. The normalized spacial score (nSPS) is 12.7. The molecule has 5 nitrogen and oxygen atoms in total. The van der Waals surface area contributed by atoms with Crippen LogP contribution in [0.25, 0.3) is 21.6 Å². The van der Waals surface area contributed by atoms with Gasteiger partial charge in [-0.3, -0.25) is 0 Å². The lowest BCUT2D eigenvalue weighted by atomic mass is 10.1. The monoisotopic (exact) mass is 465 g/mol. The molecule has 32 heavy (non-hydrogen) atoms. The van der Waals surface area contributed by atoms with Gasteiger partial charge >= 0.3 is 0 Å². The van der Waals surface area contributed by atoms with Crippen LogP contribution in [0.4, 0.5) is 5.82 Å². The second-order valence-electron chi connectivity index (χ2n) is 7.81. The Balaban J connectivity index is 1.45. The fourth-order valence-electron chi connectivity index (χ4n) is 4.21. The Labute approximate surface area is 196 Å². The van der Waals surface area contributed by atoms with E-state index in [1.807, 2.05) is 36.4 Å². The molecule has 0 radical (unpaired) electrons. The van der Waals surface area contributed by atoms with E-state index < -0.39 is 0 Å². The van der Waals surface area contributed by atoms with Crippen LogP contribution < -0.4 is 14.8 Å². The van der Waals surface area contributed by atoms with Crippen LogP contribution in [0, 0.1) is 0 Å². The van der Waals surface area contributed by atoms with Crippen molar-refractivity contribution in [3.63, 3.8) is 0 Å². The van der Waals surface area contributed by atoms with Gasteiger partial charge in [0.15, 0.2) is 17.3 Å². The number of rotatable bonds is 7. The number of nitrogens with zero attached hydrogens (tertiary/aromatic N) is 2. The average molecular weight is 466 g/mol. The van der Waals surface area contributed by atoms with Crippen LogP contribution in [0.1, 0.15) is 22.4 Å². The molecule has 2 heterocycles. The van der Waals surface area contributed by atoms with E-state index in [2.05, 4.69) is 11.4 Å². The van der Waals surface area contributed by atoms with E-state index in [0.29, 0.717) is 5.02 Å². The van der Waals surface area contributed by atoms with Gasteiger partial charge in [0, 0.05) is 22.0 Å². The number of nitrogens with one attached hydrogen (secondary N) is 1. The third-order valence-corrected chi connectivity index (χ3v) is 7.26. The summed E-state index contributed by atoms with van der Waals surface area (Å²) < 4.78 is 10.8. The zero-order chi connectivity index (χ0) is 22.1. The van der Waals surface area contributed by atoms with E-state index in [9.17, 15) is 0 Å². The van der Waals surface area contributed by atoms with Crippen LogP contribution in [-0.2, 0) is 19.3 Å². The topological polar surface area (TPSA) is 56.3 Å². The van der Waals surface area contributed by atoms with Gasteiger partial charge in [-0.1, -0.05) is 17.7 Å². The first-order chi connectivity index (χ1) is 15.7. The minimum absolute atomic E-state index is 0.707. The van der Waals surface area contributed by atoms with Crippen LogP contribution in [0.15, 0.2) is 42.5 Å². The highest BCUT2D eigenvalue weighted by molar-refractivity contribution is 7.19. The molecule has 0 fully saturated rings. The summed E-state index contributed by atoms with van der Waals surface area (Å²) in [4.78, 5) is 12.3. The molecular formula is C25H24ClN3O2S. The van der Waals surface area contributed by atoms with Gasteiger partial charge in [0.1, 0.15) is 10.6 Å². The number of thiophene rings is 1. The molecule has 0 saturated carbocycles. The van der Waals surface area contributed by atoms with E-state index in [0.717, 1.165) is 59.3 Å². The van der Waals surface area contributed by atoms with Crippen molar-refractivity contribution < 1.29 is 9.47 Å². The summed E-state index contributed by atoms with van der Waals surface area (Å²) >= 11 is 7.88. The van der Waals surface area contributed by atoms with Crippen molar-refractivity contribution in [2.75, 3.05) is 26.1 Å². The highest BCUT2D eigenvalue weighted by Crippen LogP contribution is 2.40. The number of methoxy groups -OCH3 is 2. The highest BCUT2D eigenvalue weighted by Gasteiger charge is 2.22. The fraction of sp³-hybridized carbons (Fsp3) is 0.280. The van der Waals surface area contributed by atoms with Gasteiger partial charge in [-0.15, -0.1) is 11.3 Å². The first-order valence-electron chi connectivity index (χ1n) is 10.7. The van der Waals surface area contributed by atoms with Crippen LogP contribution >= 0.6 is 22.9 Å². The summed E-state index contributed by atoms with van der Waals surface area (Å²) in [6, 6.07) is 13.7. The lowest BCUT2D eigenvalue weighted by Gasteiger charge is -2.12. The Morgan fingerprint density at radius 1 is 1.00 bits per heavy atom. The van der Waals surface area contributed by atoms with Gasteiger partial charge in [0.05, 0.1) is 19.6 Å². The number of hydrogen-bond donors (Lipinski definition) is 1. The van der Waals surface area contributed by atoms with Crippen LogP contribution in [0.5, 0.6) is 11.5 Å². The number of benzene rings is 2. The largest absolute Gasteiger partial charge is 0.493 e. The Kier molecular flexibility index (Phi) is 5.89. The molecule has 0 amide bonds. The van der Waals surface area contributed by atoms with Crippen LogP contribution in [-0.4, -0.2) is 30.7 Å². The molecule has 164 valence electrons. The van der Waals surface area contributed by atoms with Crippen molar-refractivity contribution in [1.82, 2.24) is 9.97 Å². The molecule has 0 atom stereocenters. The van der Waals surface area contributed by atoms with Crippen LogP contribution in [0.3, 0.4) is 0 Å². The first-order valence-corrected chi connectivity index (χ1v) is 11.9. The molecule has 2 aromatic carbocycles. The summed E-state index contributed by atoms with van der Waals surface area (Å²) in [7, 11) is 3.31. The first kappa shape index (κ1) is 21.0. The molecule has 1 N–H and O–H groups in total. The smallest absolute Gasteiger partial charge is 0.163 e. The molecular weight excluding hydrogens is 442 g/mol. The molecule has 4 aromatic rings. The van der Waals surface area contributed by atoms with Gasteiger partial charge in [0.2, 0.25) is 0 Å². The van der Waals surface area contributed by atoms with Crippen LogP contribution in [0.2, 0.25) is 5.02 Å². The minimum Gasteiger partial charge on any atom is -0.493 e. The Morgan fingerprint density at radius 2 is 1.81 bits per heavy atom. The molecule has 0 aliphatic heterocycles. The van der Waals surface area contributed by atoms with Gasteiger partial charge in [-0.05, 0) is 73.2 Å². The molecule has 0 saturated heterocycles. The lowest BCUT2D eigenvalue weighted by Crippen LogP contribution is -2.08. The molecule has 1 aliphatic rings. The average Bonchev–Trinajstić information content (AvgIpc) is 3.40. The number of hydrogen-bond acceptors (Lipinski definition) is 6. The number of aryl methyl sites for hydroxylation is 2. The summed E-state index contributed by atoms with van der Waals surface area (Å²) in [5, 5.41) is 5.49. The SMILES string of the molecule is COc1ccc(CCNc2nc(-c3ccc(Cl)cc3)nc3sc4c(c23)CCC4)cc1OC. The quantitative estimate of drug-likeness (QED) is 0.353. The maximum atomic E-state index is 6.08. The predicted octanol–water partition coefficient (Wildman–Crippen LogP) is 6.17. The number of halogens is 1. The van der Waals surface area contributed by atoms with Gasteiger partial charge in [0.25, 0.3) is 0 Å². The Hall–Kier alpha value is -2.83. The van der Waals surface area contributed by atoms with Crippen molar-refractivity contribution in [2.45, 2.75) is 25.7 Å². The van der Waals surface area contributed by atoms with E-state index in [4.69, 9.17) is 31.0 Å². The van der Waals surface area contributed by atoms with E-state index in [-0.39, 0.29) is 0 Å². The third-order valence-electron chi connectivity index (χ3n) is 5.82. The number of ether oxygens (including phenoxy) is 2. The summed E-state index contributed by atoms with van der Waals surface area (Å²) in [6.45, 7) is 0.756. The number of fused-ring (bicyclic) bond motifs is 3. The van der Waals surface area contributed by atoms with E-state index >= 15 is 0 Å². The number of anilines is 1. The molecule has 1 aliphatic carbocycles. The van der Waals surface area contributed by atoms with Crippen molar-refractivity contribution in [2.24, 2.45) is 0 Å². The van der Waals surface area contributed by atoms with Crippen molar-refractivity contribution in [3.05, 3.63) is 63.5 Å². The highest BCUT2D eigenvalue weighted by atomic mass is 35.5. The Morgan fingerprint density at radius 3 is 2.59 bits per heavy atom. The van der Waals surface area contributed by atoms with Gasteiger partial charge in [-0.25, -0.2) is 9.97 Å². The third kappa shape index (κ3) is 4.00. The van der Waals surface area contributed by atoms with Crippen molar-refractivity contribution in [1.29, 1.82) is 0 Å². The Bertz CT molecular complexity index is 1270. The second-order valence-corrected chi connectivity index (χ2v) is 9.33. The zero-order valence-electron chi connectivity index (χ0n) is 18.1. The predicted molar refractivity (Wildman–Crippen MR) is 132 cm³/mol. The van der Waals surface area contributed by atoms with E-state index in [1.165, 1.54) is 27.8 Å². The summed E-state index contributed by atoms with van der Waals surface area (Å²) in [5.41, 5.74) is 3.56. The molecule has 0 unspecified atom stereocenters. The van der Waals surface area contributed by atoms with Crippen molar-refractivity contribution >= 4 is 39.0 Å². The molecule has 0 spiro atoms. The van der Waals surface area contributed by atoms with E-state index in [1.54, 1.807) is 25.6 Å². The van der Waals surface area contributed by atoms with Crippen molar-refractivity contribution in [3.8, 4) is 22.9 Å².